The van der Waals surface area contributed by atoms with Crippen molar-refractivity contribution in [3.8, 4) is 0 Å². The average molecular weight is 304 g/mol. The molecule has 2 aliphatic rings. The van der Waals surface area contributed by atoms with E-state index in [0.29, 0.717) is 0 Å². The fourth-order valence-corrected chi connectivity index (χ4v) is 2.85. The molecule has 1 aromatic rings. The van der Waals surface area contributed by atoms with Gasteiger partial charge in [-0.25, -0.2) is 4.99 Å². The van der Waals surface area contributed by atoms with Crippen LogP contribution >= 0.6 is 0 Å². The fraction of sp³-hybridized carbons (Fsp3) is 0.562. The van der Waals surface area contributed by atoms with Gasteiger partial charge in [0, 0.05) is 45.7 Å². The van der Waals surface area contributed by atoms with Gasteiger partial charge in [0.15, 0.2) is 6.17 Å². The molecule has 3 rings (SSSR count). The summed E-state index contributed by atoms with van der Waals surface area (Å²) in [5.74, 6) is 0.784. The molecule has 0 aliphatic carbocycles. The molecule has 2 aliphatic heterocycles. The van der Waals surface area contributed by atoms with Crippen LogP contribution in [-0.2, 0) is 4.84 Å². The second-order valence-corrected chi connectivity index (χ2v) is 5.71. The maximum absolute atomic E-state index is 8.96. The maximum atomic E-state index is 8.96. The molecule has 2 N–H and O–H groups in total. The monoisotopic (exact) mass is 304 g/mol. The molecule has 0 saturated carbocycles. The molecular weight excluding hydrogens is 280 g/mol. The summed E-state index contributed by atoms with van der Waals surface area (Å²) in [6, 6.07) is 10.1. The van der Waals surface area contributed by atoms with Crippen molar-refractivity contribution < 1.29 is 9.94 Å². The van der Waals surface area contributed by atoms with Gasteiger partial charge in [-0.15, -0.1) is 5.48 Å². The first-order valence-corrected chi connectivity index (χ1v) is 7.95. The van der Waals surface area contributed by atoms with E-state index in [1.54, 1.807) is 0 Å². The van der Waals surface area contributed by atoms with Crippen LogP contribution in [0.1, 0.15) is 18.2 Å². The number of hydrogen-bond donors (Lipinski definition) is 2. The van der Waals surface area contributed by atoms with Crippen LogP contribution in [-0.4, -0.2) is 66.7 Å². The first kappa shape index (κ1) is 15.4. The summed E-state index contributed by atoms with van der Waals surface area (Å²) < 4.78 is 0. The average Bonchev–Trinajstić information content (AvgIpc) is 3.04. The zero-order valence-electron chi connectivity index (χ0n) is 12.8. The van der Waals surface area contributed by atoms with Gasteiger partial charge in [0.25, 0.3) is 0 Å². The highest BCUT2D eigenvalue weighted by molar-refractivity contribution is 5.77. The largest absolute Gasteiger partial charge is 0.395 e. The van der Waals surface area contributed by atoms with Gasteiger partial charge in [0.1, 0.15) is 0 Å². The topological polar surface area (TPSA) is 60.3 Å². The van der Waals surface area contributed by atoms with Crippen LogP contribution in [0.15, 0.2) is 35.3 Å². The Bertz CT molecular complexity index is 486. The number of aliphatic hydroxyl groups excluding tert-OH is 1. The van der Waals surface area contributed by atoms with Crippen molar-refractivity contribution >= 4 is 5.90 Å². The van der Waals surface area contributed by atoms with Crippen molar-refractivity contribution in [3.63, 3.8) is 0 Å². The highest BCUT2D eigenvalue weighted by Crippen LogP contribution is 2.19. The summed E-state index contributed by atoms with van der Waals surface area (Å²) in [6.45, 7) is 6.14. The summed E-state index contributed by atoms with van der Waals surface area (Å²) in [4.78, 5) is 14.8. The third kappa shape index (κ3) is 4.04. The Hall–Kier alpha value is -1.47. The lowest BCUT2D eigenvalue weighted by molar-refractivity contribution is 0.112. The van der Waals surface area contributed by atoms with Gasteiger partial charge in [-0.3, -0.25) is 4.90 Å². The van der Waals surface area contributed by atoms with E-state index in [9.17, 15) is 0 Å². The Kier molecular flexibility index (Phi) is 5.39. The number of aliphatic hydroxyl groups is 1. The van der Waals surface area contributed by atoms with Crippen molar-refractivity contribution in [3.05, 3.63) is 35.9 Å². The van der Waals surface area contributed by atoms with E-state index in [-0.39, 0.29) is 12.8 Å². The molecule has 0 unspecified atom stereocenters. The molecule has 2 heterocycles. The van der Waals surface area contributed by atoms with E-state index in [1.807, 2.05) is 30.3 Å². The highest BCUT2D eigenvalue weighted by atomic mass is 16.7. The number of rotatable bonds is 6. The van der Waals surface area contributed by atoms with Crippen LogP contribution in [0.25, 0.3) is 0 Å². The maximum Gasteiger partial charge on any atom is 0.212 e. The lowest BCUT2D eigenvalue weighted by atomic mass is 10.2. The number of hydrogen-bond acceptors (Lipinski definition) is 6. The number of aliphatic imine (C=N–C) groups is 1. The quantitative estimate of drug-likeness (QED) is 0.807. The predicted octanol–water partition coefficient (Wildman–Crippen LogP) is 0.618. The summed E-state index contributed by atoms with van der Waals surface area (Å²) >= 11 is 0. The van der Waals surface area contributed by atoms with Crippen LogP contribution in [0.4, 0.5) is 0 Å². The molecule has 0 spiro atoms. The molecule has 0 aromatic heterocycles. The predicted molar refractivity (Wildman–Crippen MR) is 85.4 cm³/mol. The molecule has 1 atom stereocenters. The Balaban J connectivity index is 1.43. The lowest BCUT2D eigenvalue weighted by Crippen LogP contribution is -2.47. The van der Waals surface area contributed by atoms with Gasteiger partial charge in [-0.1, -0.05) is 30.3 Å². The smallest absolute Gasteiger partial charge is 0.212 e. The third-order valence-electron chi connectivity index (χ3n) is 4.20. The Labute approximate surface area is 131 Å². The molecule has 0 amide bonds. The van der Waals surface area contributed by atoms with E-state index in [1.165, 1.54) is 0 Å². The summed E-state index contributed by atoms with van der Waals surface area (Å²) in [6.07, 6.45) is 0.744. The van der Waals surface area contributed by atoms with Gasteiger partial charge in [0.05, 0.1) is 6.61 Å². The van der Waals surface area contributed by atoms with E-state index >= 15 is 0 Å². The molecule has 6 nitrogen and oxygen atoms in total. The van der Waals surface area contributed by atoms with Crippen LogP contribution in [0.3, 0.4) is 0 Å². The normalized spacial score (nSPS) is 23.3. The molecule has 1 aromatic carbocycles. The van der Waals surface area contributed by atoms with Crippen LogP contribution in [0, 0.1) is 0 Å². The van der Waals surface area contributed by atoms with Gasteiger partial charge >= 0.3 is 0 Å². The summed E-state index contributed by atoms with van der Waals surface area (Å²) in [5, 5.41) is 8.96. The number of nitrogens with zero attached hydrogens (tertiary/aromatic N) is 3. The number of benzene rings is 1. The minimum atomic E-state index is -0.0856. The van der Waals surface area contributed by atoms with Crippen LogP contribution in [0.5, 0.6) is 0 Å². The van der Waals surface area contributed by atoms with Gasteiger partial charge in [-0.05, 0) is 5.56 Å². The van der Waals surface area contributed by atoms with E-state index in [2.05, 4.69) is 20.3 Å². The van der Waals surface area contributed by atoms with E-state index in [4.69, 9.17) is 9.94 Å². The minimum absolute atomic E-state index is 0.0856. The van der Waals surface area contributed by atoms with Gasteiger partial charge in [0.2, 0.25) is 5.90 Å². The lowest BCUT2D eigenvalue weighted by Gasteiger charge is -2.34. The molecular formula is C16H24N4O2. The van der Waals surface area contributed by atoms with Crippen molar-refractivity contribution in [1.29, 1.82) is 0 Å². The van der Waals surface area contributed by atoms with Gasteiger partial charge < -0.3 is 14.8 Å². The van der Waals surface area contributed by atoms with Crippen molar-refractivity contribution in [2.75, 3.05) is 45.9 Å². The van der Waals surface area contributed by atoms with Crippen LogP contribution in [0.2, 0.25) is 0 Å². The van der Waals surface area contributed by atoms with Crippen molar-refractivity contribution in [2.45, 2.75) is 12.6 Å². The summed E-state index contributed by atoms with van der Waals surface area (Å²) in [7, 11) is 0. The van der Waals surface area contributed by atoms with Gasteiger partial charge in [-0.2, -0.15) is 0 Å². The Morgan fingerprint density at radius 2 is 1.77 bits per heavy atom. The molecule has 6 heteroatoms. The van der Waals surface area contributed by atoms with Crippen LogP contribution < -0.4 is 5.48 Å². The molecule has 22 heavy (non-hydrogen) atoms. The molecule has 120 valence electrons. The van der Waals surface area contributed by atoms with Crippen molar-refractivity contribution in [1.82, 2.24) is 15.3 Å². The number of piperazine rings is 1. The third-order valence-corrected chi connectivity index (χ3v) is 4.20. The minimum Gasteiger partial charge on any atom is -0.395 e. The zero-order valence-corrected chi connectivity index (χ0v) is 12.8. The molecule has 0 bridgehead atoms. The highest BCUT2D eigenvalue weighted by Gasteiger charge is 2.21. The zero-order chi connectivity index (χ0) is 15.2. The van der Waals surface area contributed by atoms with E-state index in [0.717, 1.165) is 57.2 Å². The standard InChI is InChI=1S/C16H24N4O2/c21-13-12-20-10-8-19(9-11-20)7-6-15-17-16(18-22-15)14-4-2-1-3-5-14/h1-5,16,18,21H,6-13H2/t16-/m0/s1. The second-order valence-electron chi connectivity index (χ2n) is 5.71. The molecule has 0 radical (unpaired) electrons. The first-order chi connectivity index (χ1) is 10.8. The Morgan fingerprint density at radius 1 is 1.09 bits per heavy atom. The SMILES string of the molecule is OCCN1CCN(CCC2=N[C@H](c3ccccc3)NO2)CC1. The first-order valence-electron chi connectivity index (χ1n) is 7.95. The Morgan fingerprint density at radius 3 is 2.45 bits per heavy atom. The van der Waals surface area contributed by atoms with Crippen molar-refractivity contribution in [2.24, 2.45) is 4.99 Å². The number of nitrogens with one attached hydrogen (secondary N) is 1. The number of β-amino-alcohol motifs (C(OH)–C–C–N with tert-alkyl or cyclic N) is 1. The second kappa shape index (κ2) is 7.69. The number of hydroxylamine groups is 1. The molecule has 1 saturated heterocycles. The van der Waals surface area contributed by atoms with E-state index < -0.39 is 0 Å². The summed E-state index contributed by atoms with van der Waals surface area (Å²) in [5.41, 5.74) is 4.10. The molecule has 1 fully saturated rings. The fourth-order valence-electron chi connectivity index (χ4n) is 2.85.